The van der Waals surface area contributed by atoms with Crippen LogP contribution in [0.2, 0.25) is 0 Å². The number of hydrogen-bond donors (Lipinski definition) is 0. The van der Waals surface area contributed by atoms with Crippen LogP contribution in [0.5, 0.6) is 5.75 Å². The van der Waals surface area contributed by atoms with Crippen molar-refractivity contribution < 1.29 is 28.5 Å². The first-order valence-corrected chi connectivity index (χ1v) is 16.2. The number of ether oxygens (including phenoxy) is 5. The van der Waals surface area contributed by atoms with Crippen LogP contribution in [-0.4, -0.2) is 83.2 Å². The van der Waals surface area contributed by atoms with Gasteiger partial charge in [0.05, 0.1) is 37.7 Å². The van der Waals surface area contributed by atoms with Gasteiger partial charge in [0.2, 0.25) is 5.91 Å². The molecule has 43 heavy (non-hydrogen) atoms. The Morgan fingerprint density at radius 2 is 1.77 bits per heavy atom. The topological polar surface area (TPSA) is 69.7 Å². The summed E-state index contributed by atoms with van der Waals surface area (Å²) in [4.78, 5) is 16.7. The Hall–Kier alpha value is -2.65. The molecule has 3 atom stereocenters. The number of amides is 1. The van der Waals surface area contributed by atoms with Crippen molar-refractivity contribution in [1.82, 2.24) is 4.90 Å². The number of methoxy groups -OCH3 is 1. The molecule has 2 aromatic carbocycles. The molecule has 0 unspecified atom stereocenters. The highest BCUT2D eigenvalue weighted by atomic mass is 16.5. The maximum Gasteiger partial charge on any atom is 0.248 e. The molecule has 0 radical (unpaired) electrons. The van der Waals surface area contributed by atoms with Crippen molar-refractivity contribution in [3.05, 3.63) is 59.2 Å². The fourth-order valence-electron chi connectivity index (χ4n) is 6.09. The van der Waals surface area contributed by atoms with Crippen molar-refractivity contribution in [2.24, 2.45) is 5.92 Å². The Balaban J connectivity index is 1.28. The summed E-state index contributed by atoms with van der Waals surface area (Å²) in [6.45, 7) is 8.00. The number of carbonyl (C=O) groups excluding carboxylic acids is 1. The molecule has 0 N–H and O–H groups in total. The molecule has 0 saturated heterocycles. The molecule has 0 aromatic heterocycles. The van der Waals surface area contributed by atoms with Gasteiger partial charge >= 0.3 is 0 Å². The van der Waals surface area contributed by atoms with E-state index in [1.54, 1.807) is 12.0 Å². The first kappa shape index (κ1) is 31.8. The third kappa shape index (κ3) is 8.94. The van der Waals surface area contributed by atoms with Crippen LogP contribution < -0.4 is 9.64 Å². The van der Waals surface area contributed by atoms with Crippen LogP contribution in [0, 0.1) is 5.92 Å². The van der Waals surface area contributed by atoms with Crippen LogP contribution in [0.25, 0.3) is 0 Å². The summed E-state index contributed by atoms with van der Waals surface area (Å²) in [5.74, 6) is 1.74. The molecule has 0 spiro atoms. The highest BCUT2D eigenvalue weighted by molar-refractivity contribution is 5.77. The molecule has 2 aliphatic carbocycles. The van der Waals surface area contributed by atoms with Crippen molar-refractivity contribution in [3.8, 4) is 5.75 Å². The normalized spacial score (nSPS) is 21.7. The van der Waals surface area contributed by atoms with Gasteiger partial charge in [-0.05, 0) is 80.2 Å². The van der Waals surface area contributed by atoms with Gasteiger partial charge in [-0.15, -0.1) is 0 Å². The summed E-state index contributed by atoms with van der Waals surface area (Å²) in [5.41, 5.74) is 4.63. The Labute approximate surface area is 257 Å². The van der Waals surface area contributed by atoms with E-state index in [9.17, 15) is 4.79 Å². The molecule has 1 amide bonds. The second kappa shape index (κ2) is 15.9. The number of rotatable bonds is 16. The van der Waals surface area contributed by atoms with Crippen molar-refractivity contribution in [2.75, 3.05) is 65.1 Å². The summed E-state index contributed by atoms with van der Waals surface area (Å²) in [7, 11) is 3.57. The van der Waals surface area contributed by atoms with E-state index >= 15 is 0 Å². The van der Waals surface area contributed by atoms with Crippen LogP contribution >= 0.6 is 0 Å². The van der Waals surface area contributed by atoms with Gasteiger partial charge in [0.25, 0.3) is 0 Å². The van der Waals surface area contributed by atoms with Gasteiger partial charge in [-0.25, -0.2) is 0 Å². The van der Waals surface area contributed by atoms with Crippen LogP contribution in [-0.2, 0) is 37.0 Å². The molecular formula is C35H50N2O6. The Morgan fingerprint density at radius 3 is 2.51 bits per heavy atom. The number of carbonyl (C=O) groups is 1. The number of likely N-dealkylation sites (N-methyl/N-ethyl adjacent to an activating group) is 1. The van der Waals surface area contributed by atoms with Gasteiger partial charge in [-0.2, -0.15) is 0 Å². The molecule has 1 heterocycles. The lowest BCUT2D eigenvalue weighted by atomic mass is 9.79. The minimum Gasteiger partial charge on any atom is -0.490 e. The van der Waals surface area contributed by atoms with Crippen LogP contribution in [0.15, 0.2) is 42.5 Å². The van der Waals surface area contributed by atoms with E-state index in [1.165, 1.54) is 24.0 Å². The molecule has 0 bridgehead atoms. The predicted octanol–water partition coefficient (Wildman–Crippen LogP) is 5.56. The zero-order valence-corrected chi connectivity index (χ0v) is 26.3. The number of nitrogens with zero attached hydrogens (tertiary/aromatic N) is 2. The Morgan fingerprint density at radius 1 is 1.00 bits per heavy atom. The Kier molecular flexibility index (Phi) is 11.7. The van der Waals surface area contributed by atoms with Crippen molar-refractivity contribution >= 4 is 11.6 Å². The standard InChI is InChI=1S/C35H50N2O6/c1-4-36(2)34(38)25-43-33-8-5-7-32(35(33)29-14-11-27(12-15-29)23-40-22-26-9-10-26)42-24-28-13-16-31-30(21-28)37(18-20-41-31)17-6-19-39-3/h11-16,21,26,32-33,35H,4-10,17-20,22-25H2,1-3H3/t32-,33+,35+/m0/s1. The first-order valence-electron chi connectivity index (χ1n) is 16.2. The molecule has 5 rings (SSSR count). The average Bonchev–Trinajstić information content (AvgIpc) is 3.87. The summed E-state index contributed by atoms with van der Waals surface area (Å²) in [6.07, 6.45) is 6.34. The third-order valence-electron chi connectivity index (χ3n) is 9.01. The molecule has 8 heteroatoms. The second-order valence-electron chi connectivity index (χ2n) is 12.2. The largest absolute Gasteiger partial charge is 0.490 e. The first-order chi connectivity index (χ1) is 21.1. The van der Waals surface area contributed by atoms with Crippen LogP contribution in [0.1, 0.15) is 68.1 Å². The molecule has 2 fully saturated rings. The lowest BCUT2D eigenvalue weighted by Crippen LogP contribution is -2.40. The quantitative estimate of drug-likeness (QED) is 0.236. The predicted molar refractivity (Wildman–Crippen MR) is 168 cm³/mol. The van der Waals surface area contributed by atoms with Crippen molar-refractivity contribution in [3.63, 3.8) is 0 Å². The number of benzene rings is 2. The van der Waals surface area contributed by atoms with Crippen LogP contribution in [0.4, 0.5) is 5.69 Å². The fourth-order valence-corrected chi connectivity index (χ4v) is 6.09. The second-order valence-corrected chi connectivity index (χ2v) is 12.2. The van der Waals surface area contributed by atoms with Gasteiger partial charge in [-0.3, -0.25) is 4.79 Å². The van der Waals surface area contributed by atoms with Gasteiger partial charge < -0.3 is 33.5 Å². The molecular weight excluding hydrogens is 544 g/mol. The Bertz CT molecular complexity index is 1150. The van der Waals surface area contributed by atoms with Gasteiger partial charge in [0.15, 0.2) is 0 Å². The summed E-state index contributed by atoms with van der Waals surface area (Å²) < 4.78 is 30.2. The summed E-state index contributed by atoms with van der Waals surface area (Å²) >= 11 is 0. The molecule has 3 aliphatic rings. The van der Waals surface area contributed by atoms with Gasteiger partial charge in [0, 0.05) is 46.4 Å². The molecule has 236 valence electrons. The smallest absolute Gasteiger partial charge is 0.248 e. The van der Waals surface area contributed by atoms with E-state index < -0.39 is 0 Å². The highest BCUT2D eigenvalue weighted by Crippen LogP contribution is 2.39. The minimum atomic E-state index is -0.0851. The lowest BCUT2D eigenvalue weighted by Gasteiger charge is -2.38. The summed E-state index contributed by atoms with van der Waals surface area (Å²) in [6, 6.07) is 15.1. The van der Waals surface area contributed by atoms with E-state index in [0.29, 0.717) is 26.4 Å². The van der Waals surface area contributed by atoms with Gasteiger partial charge in [0.1, 0.15) is 19.0 Å². The number of fused-ring (bicyclic) bond motifs is 1. The SMILES string of the molecule is CCN(C)C(=O)CO[C@@H]1CCC[C@H](OCc2ccc3c(c2)N(CCCOC)CCO3)[C@H]1c1ccc(COCC2CC2)cc1. The van der Waals surface area contributed by atoms with Gasteiger partial charge in [-0.1, -0.05) is 30.3 Å². The number of anilines is 1. The average molecular weight is 595 g/mol. The fraction of sp³-hybridized carbons (Fsp3) is 0.629. The molecule has 2 saturated carbocycles. The van der Waals surface area contributed by atoms with E-state index in [2.05, 4.69) is 47.4 Å². The van der Waals surface area contributed by atoms with Crippen molar-refractivity contribution in [1.29, 1.82) is 0 Å². The van der Waals surface area contributed by atoms with E-state index in [0.717, 1.165) is 74.9 Å². The lowest BCUT2D eigenvalue weighted by molar-refractivity contribution is -0.140. The highest BCUT2D eigenvalue weighted by Gasteiger charge is 2.36. The van der Waals surface area contributed by atoms with Crippen LogP contribution in [0.3, 0.4) is 0 Å². The molecule has 2 aromatic rings. The molecule has 8 nitrogen and oxygen atoms in total. The zero-order valence-electron chi connectivity index (χ0n) is 26.3. The van der Waals surface area contributed by atoms with E-state index in [-0.39, 0.29) is 30.6 Å². The monoisotopic (exact) mass is 594 g/mol. The third-order valence-corrected chi connectivity index (χ3v) is 9.01. The zero-order chi connectivity index (χ0) is 30.0. The maximum atomic E-state index is 12.6. The van der Waals surface area contributed by atoms with Crippen molar-refractivity contribution in [2.45, 2.75) is 76.8 Å². The minimum absolute atomic E-state index is 0.0128. The van der Waals surface area contributed by atoms with E-state index in [1.807, 2.05) is 14.0 Å². The summed E-state index contributed by atoms with van der Waals surface area (Å²) in [5, 5.41) is 0. The van der Waals surface area contributed by atoms with E-state index in [4.69, 9.17) is 23.7 Å². The molecule has 1 aliphatic heterocycles. The number of hydrogen-bond acceptors (Lipinski definition) is 7. The maximum absolute atomic E-state index is 12.6.